The van der Waals surface area contributed by atoms with E-state index in [1.165, 1.54) is 21.3 Å². The molecule has 4 rings (SSSR count). The number of β-lactam (4-membered cyclic amide) rings is 1. The fourth-order valence-corrected chi connectivity index (χ4v) is 6.83. The van der Waals surface area contributed by atoms with Crippen LogP contribution in [0.25, 0.3) is 0 Å². The van der Waals surface area contributed by atoms with E-state index < -0.39 is 11.9 Å². The fraction of sp³-hybridized carbons (Fsp3) is 0.682. The molecule has 13 heteroatoms. The van der Waals surface area contributed by atoms with E-state index in [1.54, 1.807) is 25.9 Å². The van der Waals surface area contributed by atoms with Crippen molar-refractivity contribution in [3.8, 4) is 0 Å². The van der Waals surface area contributed by atoms with Gasteiger partial charge in [0.25, 0.3) is 0 Å². The van der Waals surface area contributed by atoms with Gasteiger partial charge < -0.3 is 20.2 Å². The van der Waals surface area contributed by atoms with E-state index in [0.29, 0.717) is 23.7 Å². The van der Waals surface area contributed by atoms with Crippen molar-refractivity contribution < 1.29 is 24.3 Å². The number of carbonyl (C=O) groups excluding carboxylic acids is 3. The lowest BCUT2D eigenvalue weighted by atomic mass is 9.73. The molecular formula is C22H31N7O5S. The van der Waals surface area contributed by atoms with Crippen molar-refractivity contribution in [3.05, 3.63) is 16.4 Å². The Kier molecular flexibility index (Phi) is 7.00. The van der Waals surface area contributed by atoms with Crippen molar-refractivity contribution >= 4 is 35.3 Å². The van der Waals surface area contributed by atoms with Gasteiger partial charge in [-0.05, 0) is 29.7 Å². The zero-order valence-electron chi connectivity index (χ0n) is 20.5. The molecule has 0 bridgehead atoms. The van der Waals surface area contributed by atoms with Crippen molar-refractivity contribution in [2.45, 2.75) is 57.5 Å². The molecule has 35 heavy (non-hydrogen) atoms. The van der Waals surface area contributed by atoms with Gasteiger partial charge in [0.2, 0.25) is 11.8 Å². The predicted molar refractivity (Wildman–Crippen MR) is 126 cm³/mol. The molecule has 0 saturated carbocycles. The van der Waals surface area contributed by atoms with Crippen LogP contribution in [0.4, 0.5) is 0 Å². The minimum absolute atomic E-state index is 0.00516. The number of nitrogens with one attached hydrogen (secondary N) is 1. The Labute approximate surface area is 207 Å². The maximum absolute atomic E-state index is 13.1. The number of carboxylic acids is 1. The third-order valence-electron chi connectivity index (χ3n) is 7.11. The number of aromatic nitrogens is 4. The summed E-state index contributed by atoms with van der Waals surface area (Å²) in [7, 11) is 3.42. The highest BCUT2D eigenvalue weighted by molar-refractivity contribution is 8.03. The Bertz CT molecular complexity index is 1090. The Hall–Kier alpha value is -2.80. The lowest BCUT2D eigenvalue weighted by Crippen LogP contribution is -2.62. The number of ketones is 1. The van der Waals surface area contributed by atoms with Gasteiger partial charge in [0.05, 0.1) is 18.0 Å². The normalized spacial score (nSPS) is 28.7. The van der Waals surface area contributed by atoms with Crippen LogP contribution in [-0.4, -0.2) is 96.7 Å². The first-order valence-corrected chi connectivity index (χ1v) is 12.5. The Morgan fingerprint density at radius 3 is 2.63 bits per heavy atom. The first-order chi connectivity index (χ1) is 16.5. The predicted octanol–water partition coefficient (Wildman–Crippen LogP) is -0.0984. The number of rotatable bonds is 9. The number of amides is 2. The quantitative estimate of drug-likeness (QED) is 0.436. The van der Waals surface area contributed by atoms with Gasteiger partial charge >= 0.3 is 5.97 Å². The number of aliphatic carboxylic acids is 1. The first kappa shape index (κ1) is 25.3. The van der Waals surface area contributed by atoms with Crippen molar-refractivity contribution in [2.24, 2.45) is 17.8 Å². The maximum Gasteiger partial charge on any atom is 0.353 e. The van der Waals surface area contributed by atoms with Crippen molar-refractivity contribution in [1.82, 2.24) is 35.3 Å². The van der Waals surface area contributed by atoms with Gasteiger partial charge in [0.1, 0.15) is 18.1 Å². The van der Waals surface area contributed by atoms with Crippen molar-refractivity contribution in [1.29, 1.82) is 0 Å². The van der Waals surface area contributed by atoms with Crippen LogP contribution in [0.3, 0.4) is 0 Å². The summed E-state index contributed by atoms with van der Waals surface area (Å²) in [5.74, 6) is -1.77. The summed E-state index contributed by atoms with van der Waals surface area (Å²) in [6.45, 7) is 6.14. The molecule has 2 amide bonds. The van der Waals surface area contributed by atoms with E-state index in [2.05, 4.69) is 20.8 Å². The van der Waals surface area contributed by atoms with E-state index in [9.17, 15) is 24.3 Å². The molecular weight excluding hydrogens is 474 g/mol. The molecule has 0 spiro atoms. The monoisotopic (exact) mass is 505 g/mol. The second kappa shape index (κ2) is 9.69. The van der Waals surface area contributed by atoms with Crippen molar-refractivity contribution in [2.75, 3.05) is 20.6 Å². The number of Topliss-reactive ketones (excluding diaryl/α,β-unsaturated/α-hetero) is 1. The average Bonchev–Trinajstić information content (AvgIpc) is 3.46. The minimum atomic E-state index is -1.13. The van der Waals surface area contributed by atoms with Gasteiger partial charge in [-0.15, -0.1) is 16.9 Å². The van der Waals surface area contributed by atoms with Crippen LogP contribution in [0.5, 0.6) is 0 Å². The van der Waals surface area contributed by atoms with Crippen LogP contribution in [0, 0.1) is 24.7 Å². The Morgan fingerprint density at radius 2 is 2.03 bits per heavy atom. The zero-order valence-corrected chi connectivity index (χ0v) is 21.3. The lowest BCUT2D eigenvalue weighted by Gasteiger charge is -2.47. The highest BCUT2D eigenvalue weighted by atomic mass is 32.2. The van der Waals surface area contributed by atoms with Gasteiger partial charge in [-0.3, -0.25) is 14.4 Å². The van der Waals surface area contributed by atoms with Gasteiger partial charge in [0, 0.05) is 43.1 Å². The zero-order chi connectivity index (χ0) is 25.6. The molecule has 3 aliphatic rings. The summed E-state index contributed by atoms with van der Waals surface area (Å²) >= 11 is 1.45. The highest BCUT2D eigenvalue weighted by Gasteiger charge is 2.60. The number of thioether (sulfide) groups is 1. The molecule has 1 aromatic heterocycles. The minimum Gasteiger partial charge on any atom is -0.477 e. The molecule has 0 aliphatic carbocycles. The molecule has 190 valence electrons. The Balaban J connectivity index is 1.44. The largest absolute Gasteiger partial charge is 0.477 e. The molecule has 12 nitrogen and oxygen atoms in total. The molecule has 2 saturated heterocycles. The number of nitrogens with zero attached hydrogens (tertiary/aromatic N) is 6. The number of carbonyl (C=O) groups is 4. The number of fused-ring (bicyclic) bond motifs is 1. The van der Waals surface area contributed by atoms with Gasteiger partial charge in [-0.25, -0.2) is 9.48 Å². The molecule has 0 unspecified atom stereocenters. The Morgan fingerprint density at radius 1 is 1.31 bits per heavy atom. The average molecular weight is 506 g/mol. The molecule has 3 aliphatic heterocycles. The van der Waals surface area contributed by atoms with Gasteiger partial charge in [0.15, 0.2) is 5.78 Å². The number of hydrogen-bond acceptors (Lipinski definition) is 9. The SMILES string of the molecule is Cc1nnnn1CC(=O)C[C@H](C)[C@H]1C(=O)N2C(C(=O)O)=C(S[C@@H]3CN[C@H](C(=O)N(C)C)C3)[C@H](C)[C@H]12. The van der Waals surface area contributed by atoms with Gasteiger partial charge in [-0.1, -0.05) is 13.8 Å². The van der Waals surface area contributed by atoms with E-state index >= 15 is 0 Å². The lowest BCUT2D eigenvalue weighted by molar-refractivity contribution is -0.160. The highest BCUT2D eigenvalue weighted by Crippen LogP contribution is 2.53. The van der Waals surface area contributed by atoms with Crippen molar-refractivity contribution in [3.63, 3.8) is 0 Å². The van der Waals surface area contributed by atoms with E-state index in [0.717, 1.165) is 0 Å². The summed E-state index contributed by atoms with van der Waals surface area (Å²) in [6, 6.07) is -0.586. The summed E-state index contributed by atoms with van der Waals surface area (Å²) in [4.78, 5) is 53.8. The van der Waals surface area contributed by atoms with Crippen LogP contribution < -0.4 is 5.32 Å². The smallest absolute Gasteiger partial charge is 0.353 e. The van der Waals surface area contributed by atoms with E-state index in [1.807, 2.05) is 13.8 Å². The molecule has 2 fully saturated rings. The number of tetrazole rings is 1. The second-order valence-corrected chi connectivity index (χ2v) is 11.1. The summed E-state index contributed by atoms with van der Waals surface area (Å²) in [6.07, 6.45) is 0.771. The van der Waals surface area contributed by atoms with Crippen LogP contribution in [-0.2, 0) is 25.7 Å². The number of carboxylic acid groups (broad SMARTS) is 1. The van der Waals surface area contributed by atoms with E-state index in [-0.39, 0.29) is 65.4 Å². The first-order valence-electron chi connectivity index (χ1n) is 11.7. The molecule has 6 atom stereocenters. The molecule has 1 aromatic rings. The second-order valence-electron chi connectivity index (χ2n) is 9.80. The van der Waals surface area contributed by atoms with Crippen LogP contribution in [0.1, 0.15) is 32.5 Å². The van der Waals surface area contributed by atoms with Crippen LogP contribution >= 0.6 is 11.8 Å². The number of hydrogen-bond donors (Lipinski definition) is 2. The third-order valence-corrected chi connectivity index (χ3v) is 8.63. The number of likely N-dealkylation sites (N-methyl/N-ethyl adjacent to an activating group) is 1. The molecule has 0 radical (unpaired) electrons. The topological polar surface area (TPSA) is 151 Å². The van der Waals surface area contributed by atoms with Gasteiger partial charge in [-0.2, -0.15) is 0 Å². The van der Waals surface area contributed by atoms with Crippen LogP contribution in [0.15, 0.2) is 10.6 Å². The fourth-order valence-electron chi connectivity index (χ4n) is 5.35. The molecule has 0 aromatic carbocycles. The van der Waals surface area contributed by atoms with Crippen LogP contribution in [0.2, 0.25) is 0 Å². The molecule has 2 N–H and O–H groups in total. The summed E-state index contributed by atoms with van der Waals surface area (Å²) < 4.78 is 1.42. The summed E-state index contributed by atoms with van der Waals surface area (Å²) in [5.41, 5.74) is 0.0407. The number of aryl methyl sites for hydroxylation is 1. The maximum atomic E-state index is 13.1. The van der Waals surface area contributed by atoms with E-state index in [4.69, 9.17) is 0 Å². The standard InChI is InChI=1S/C22H31N7O5S/c1-10(6-13(30)9-28-12(3)24-25-26-28)16-17-11(2)19(18(22(33)34)29(17)21(16)32)35-14-7-15(23-8-14)20(31)27(4)5/h10-11,14-17,23H,6-9H2,1-5H3,(H,33,34)/t10-,11+,14-,15-,16+,17+/m0/s1. The summed E-state index contributed by atoms with van der Waals surface area (Å²) in [5, 5.41) is 24.3. The molecule has 4 heterocycles. The third kappa shape index (κ3) is 4.58.